The Labute approximate surface area is 119 Å². The Kier molecular flexibility index (Phi) is 3.42. The molecule has 0 fully saturated rings. The Hall–Kier alpha value is -3.02. The van der Waals surface area contributed by atoms with Crippen LogP contribution in [0.5, 0.6) is 11.8 Å². The van der Waals surface area contributed by atoms with Gasteiger partial charge in [0.25, 0.3) is 0 Å². The highest BCUT2D eigenvalue weighted by molar-refractivity contribution is 5.59. The summed E-state index contributed by atoms with van der Waals surface area (Å²) >= 11 is 0. The van der Waals surface area contributed by atoms with E-state index in [0.29, 0.717) is 21.6 Å². The number of ether oxygens (including phenoxy) is 1. The Morgan fingerprint density at radius 3 is 2.57 bits per heavy atom. The molecule has 0 radical (unpaired) electrons. The lowest BCUT2D eigenvalue weighted by Crippen LogP contribution is -2.23. The van der Waals surface area contributed by atoms with Gasteiger partial charge < -0.3 is 9.94 Å². The molecule has 21 heavy (non-hydrogen) atoms. The number of pyridine rings is 1. The predicted molar refractivity (Wildman–Crippen MR) is 72.9 cm³/mol. The molecule has 0 amide bonds. The molecule has 0 N–H and O–H groups in total. The van der Waals surface area contributed by atoms with Gasteiger partial charge in [0.1, 0.15) is 11.6 Å². The van der Waals surface area contributed by atoms with Crippen LogP contribution in [0.15, 0.2) is 61.2 Å². The second kappa shape index (κ2) is 5.54. The van der Waals surface area contributed by atoms with Crippen molar-refractivity contribution in [2.75, 3.05) is 0 Å². The minimum absolute atomic E-state index is 0.107. The van der Waals surface area contributed by atoms with Gasteiger partial charge in [0.15, 0.2) is 12.4 Å². The molecule has 1 aromatic carbocycles. The van der Waals surface area contributed by atoms with Crippen LogP contribution in [-0.4, -0.2) is 9.97 Å². The van der Waals surface area contributed by atoms with E-state index in [0.717, 1.165) is 0 Å². The van der Waals surface area contributed by atoms with Crippen molar-refractivity contribution in [1.29, 1.82) is 0 Å². The third kappa shape index (κ3) is 3.11. The summed E-state index contributed by atoms with van der Waals surface area (Å²) in [6, 6.07) is 9.24. The second-order valence-electron chi connectivity index (χ2n) is 4.27. The maximum atomic E-state index is 13.0. The van der Waals surface area contributed by atoms with E-state index >= 15 is 0 Å². The monoisotopic (exact) mass is 283 g/mol. The largest absolute Gasteiger partial charge is 0.619 e. The third-order valence-corrected chi connectivity index (χ3v) is 2.74. The Bertz CT molecular complexity index is 763. The molecule has 5 nitrogen and oxygen atoms in total. The van der Waals surface area contributed by atoms with Crippen molar-refractivity contribution in [1.82, 2.24) is 9.97 Å². The molecule has 0 bridgehead atoms. The van der Waals surface area contributed by atoms with Crippen LogP contribution in [0, 0.1) is 11.0 Å². The highest BCUT2D eigenvalue weighted by atomic mass is 19.1. The summed E-state index contributed by atoms with van der Waals surface area (Å²) in [6.07, 6.45) is 5.89. The van der Waals surface area contributed by atoms with Crippen molar-refractivity contribution >= 4 is 0 Å². The first kappa shape index (κ1) is 13.0. The summed E-state index contributed by atoms with van der Waals surface area (Å²) in [6.45, 7) is 0. The zero-order valence-electron chi connectivity index (χ0n) is 10.8. The fourth-order valence-electron chi connectivity index (χ4n) is 1.78. The Balaban J connectivity index is 1.81. The van der Waals surface area contributed by atoms with Crippen LogP contribution in [0.2, 0.25) is 0 Å². The lowest BCUT2D eigenvalue weighted by molar-refractivity contribution is -0.604. The lowest BCUT2D eigenvalue weighted by Gasteiger charge is -2.04. The van der Waals surface area contributed by atoms with Crippen molar-refractivity contribution in [2.45, 2.75) is 0 Å². The summed E-state index contributed by atoms with van der Waals surface area (Å²) < 4.78 is 19.1. The summed E-state index contributed by atoms with van der Waals surface area (Å²) in [5.74, 6) is -0.0757. The predicted octanol–water partition coefficient (Wildman–Crippen LogP) is 2.71. The van der Waals surface area contributed by atoms with Crippen molar-refractivity contribution in [3.63, 3.8) is 0 Å². The fourth-order valence-corrected chi connectivity index (χ4v) is 1.78. The average molecular weight is 283 g/mol. The van der Waals surface area contributed by atoms with E-state index in [2.05, 4.69) is 9.97 Å². The van der Waals surface area contributed by atoms with Gasteiger partial charge in [-0.15, -0.1) is 0 Å². The molecule has 0 aliphatic heterocycles. The van der Waals surface area contributed by atoms with Crippen molar-refractivity contribution in [2.24, 2.45) is 0 Å². The molecule has 0 saturated heterocycles. The van der Waals surface area contributed by atoms with Gasteiger partial charge in [-0.25, -0.2) is 14.4 Å². The summed E-state index contributed by atoms with van der Waals surface area (Å²) in [5, 5.41) is 11.2. The molecule has 2 aromatic heterocycles. The van der Waals surface area contributed by atoms with Crippen LogP contribution < -0.4 is 9.47 Å². The molecule has 3 rings (SSSR count). The SMILES string of the molecule is [O-][n+]1cccc(-c2cnc(Oc3cccc(F)c3)nc2)c1. The van der Waals surface area contributed by atoms with Crippen LogP contribution in [0.4, 0.5) is 4.39 Å². The Morgan fingerprint density at radius 1 is 1.05 bits per heavy atom. The molecule has 6 heteroatoms. The second-order valence-corrected chi connectivity index (χ2v) is 4.27. The van der Waals surface area contributed by atoms with E-state index in [1.165, 1.54) is 43.0 Å². The van der Waals surface area contributed by atoms with E-state index in [1.807, 2.05) is 0 Å². The zero-order chi connectivity index (χ0) is 14.7. The number of halogens is 1. The van der Waals surface area contributed by atoms with Crippen LogP contribution >= 0.6 is 0 Å². The van der Waals surface area contributed by atoms with Gasteiger partial charge in [-0.1, -0.05) is 6.07 Å². The molecule has 0 unspecified atom stereocenters. The smallest absolute Gasteiger partial charge is 0.321 e. The van der Waals surface area contributed by atoms with Gasteiger partial charge >= 0.3 is 6.01 Å². The lowest BCUT2D eigenvalue weighted by atomic mass is 10.2. The van der Waals surface area contributed by atoms with Crippen molar-refractivity contribution in [3.8, 4) is 22.9 Å². The van der Waals surface area contributed by atoms with Crippen molar-refractivity contribution < 1.29 is 13.9 Å². The molecule has 0 aliphatic rings. The molecule has 0 spiro atoms. The topological polar surface area (TPSA) is 62.0 Å². The van der Waals surface area contributed by atoms with Crippen molar-refractivity contribution in [3.05, 3.63) is 72.2 Å². The number of benzene rings is 1. The van der Waals surface area contributed by atoms with E-state index < -0.39 is 5.82 Å². The quantitative estimate of drug-likeness (QED) is 0.547. The molecule has 0 aliphatic carbocycles. The van der Waals surface area contributed by atoms with Crippen LogP contribution in [-0.2, 0) is 0 Å². The highest BCUT2D eigenvalue weighted by Gasteiger charge is 2.05. The molecular weight excluding hydrogens is 273 g/mol. The normalized spacial score (nSPS) is 10.3. The van der Waals surface area contributed by atoms with Gasteiger partial charge in [-0.2, -0.15) is 4.73 Å². The third-order valence-electron chi connectivity index (χ3n) is 2.74. The van der Waals surface area contributed by atoms with E-state index in [9.17, 15) is 9.60 Å². The van der Waals surface area contributed by atoms with Crippen LogP contribution in [0.25, 0.3) is 11.1 Å². The van der Waals surface area contributed by atoms with E-state index in [-0.39, 0.29) is 6.01 Å². The maximum Gasteiger partial charge on any atom is 0.321 e. The molecule has 104 valence electrons. The van der Waals surface area contributed by atoms with Gasteiger partial charge in [0.05, 0.1) is 5.56 Å². The van der Waals surface area contributed by atoms with Gasteiger partial charge in [-0.05, 0) is 18.2 Å². The number of rotatable bonds is 3. The van der Waals surface area contributed by atoms with Gasteiger partial charge in [-0.3, -0.25) is 0 Å². The first-order chi connectivity index (χ1) is 10.2. The standard InChI is InChI=1S/C15H10FN3O2/c16-13-4-1-5-14(7-13)21-15-17-8-12(9-18-15)11-3-2-6-19(20)10-11/h1-10H. The first-order valence-corrected chi connectivity index (χ1v) is 6.15. The minimum atomic E-state index is -0.395. The summed E-state index contributed by atoms with van der Waals surface area (Å²) in [4.78, 5) is 8.09. The summed E-state index contributed by atoms with van der Waals surface area (Å²) in [5.41, 5.74) is 1.39. The summed E-state index contributed by atoms with van der Waals surface area (Å²) in [7, 11) is 0. The molecule has 3 aromatic rings. The molecule has 0 atom stereocenters. The number of nitrogens with zero attached hydrogens (tertiary/aromatic N) is 3. The minimum Gasteiger partial charge on any atom is -0.619 e. The van der Waals surface area contributed by atoms with Gasteiger partial charge in [0.2, 0.25) is 0 Å². The molecule has 2 heterocycles. The molecular formula is C15H10FN3O2. The number of hydrogen-bond acceptors (Lipinski definition) is 4. The average Bonchev–Trinajstić information content (AvgIpc) is 2.48. The first-order valence-electron chi connectivity index (χ1n) is 6.15. The number of aromatic nitrogens is 3. The number of hydrogen-bond donors (Lipinski definition) is 0. The van der Waals surface area contributed by atoms with Gasteiger partial charge in [0, 0.05) is 30.1 Å². The van der Waals surface area contributed by atoms with E-state index in [1.54, 1.807) is 18.2 Å². The zero-order valence-corrected chi connectivity index (χ0v) is 10.8. The highest BCUT2D eigenvalue weighted by Crippen LogP contribution is 2.20. The fraction of sp³-hybridized carbons (Fsp3) is 0. The Morgan fingerprint density at radius 2 is 1.86 bits per heavy atom. The van der Waals surface area contributed by atoms with Crippen LogP contribution in [0.3, 0.4) is 0 Å². The maximum absolute atomic E-state index is 13.0. The molecule has 0 saturated carbocycles. The van der Waals surface area contributed by atoms with Crippen LogP contribution in [0.1, 0.15) is 0 Å². The van der Waals surface area contributed by atoms with E-state index in [4.69, 9.17) is 4.74 Å².